The fourth-order valence-electron chi connectivity index (χ4n) is 1.96. The van der Waals surface area contributed by atoms with Gasteiger partial charge in [0.05, 0.1) is 0 Å². The lowest BCUT2D eigenvalue weighted by Crippen LogP contribution is -2.16. The highest BCUT2D eigenvalue weighted by molar-refractivity contribution is 5.38. The second-order valence-corrected chi connectivity index (χ2v) is 3.05. The van der Waals surface area contributed by atoms with Gasteiger partial charge in [0, 0.05) is 5.92 Å². The van der Waals surface area contributed by atoms with Gasteiger partial charge in [-0.15, -0.1) is 0 Å². The number of rotatable bonds is 2. The first-order valence-corrected chi connectivity index (χ1v) is 3.67. The van der Waals surface area contributed by atoms with E-state index in [0.29, 0.717) is 18.3 Å². The number of carbonyl (C=O) groups excluding carboxylic acids is 1. The largest absolute Gasteiger partial charge is 0.464 e. The standard InChI is InChI=1S/C8H10O2/c9-5-10-8-4-6-1-2-7(8)3-6/h1-2,5-8H,3-4H2/t6-,7+,8+/m1/s1. The third kappa shape index (κ3) is 0.753. The molecule has 2 aliphatic carbocycles. The van der Waals surface area contributed by atoms with Gasteiger partial charge in [0.15, 0.2) is 0 Å². The Morgan fingerprint density at radius 1 is 1.40 bits per heavy atom. The quantitative estimate of drug-likeness (QED) is 0.422. The number of fused-ring (bicyclic) bond motifs is 2. The van der Waals surface area contributed by atoms with E-state index in [0.717, 1.165) is 6.42 Å². The zero-order valence-corrected chi connectivity index (χ0v) is 5.69. The summed E-state index contributed by atoms with van der Waals surface area (Å²) in [5.74, 6) is 1.21. The molecule has 2 nitrogen and oxygen atoms in total. The molecule has 2 aliphatic rings. The Labute approximate surface area is 59.9 Å². The molecule has 0 saturated heterocycles. The molecule has 0 aromatic heterocycles. The number of ether oxygens (including phenoxy) is 1. The summed E-state index contributed by atoms with van der Waals surface area (Å²) in [6.07, 6.45) is 6.82. The minimum atomic E-state index is 0.187. The Morgan fingerprint density at radius 2 is 2.30 bits per heavy atom. The second kappa shape index (κ2) is 2.11. The number of carbonyl (C=O) groups is 1. The molecule has 3 atom stereocenters. The van der Waals surface area contributed by atoms with Crippen molar-refractivity contribution in [2.45, 2.75) is 18.9 Å². The molecule has 54 valence electrons. The average molecular weight is 138 g/mol. The van der Waals surface area contributed by atoms with Crippen LogP contribution < -0.4 is 0 Å². The van der Waals surface area contributed by atoms with Crippen molar-refractivity contribution in [3.05, 3.63) is 12.2 Å². The summed E-state index contributed by atoms with van der Waals surface area (Å²) >= 11 is 0. The normalized spacial score (nSPS) is 42.2. The molecule has 0 amide bonds. The average Bonchev–Trinajstić information content (AvgIpc) is 2.48. The Hall–Kier alpha value is -0.790. The van der Waals surface area contributed by atoms with Gasteiger partial charge in [-0.2, -0.15) is 0 Å². The Bertz CT molecular complexity index is 174. The molecule has 10 heavy (non-hydrogen) atoms. The van der Waals surface area contributed by atoms with Crippen molar-refractivity contribution < 1.29 is 9.53 Å². The third-order valence-corrected chi connectivity index (χ3v) is 2.45. The van der Waals surface area contributed by atoms with Gasteiger partial charge in [0.25, 0.3) is 6.47 Å². The highest BCUT2D eigenvalue weighted by Crippen LogP contribution is 2.40. The van der Waals surface area contributed by atoms with E-state index < -0.39 is 0 Å². The summed E-state index contributed by atoms with van der Waals surface area (Å²) < 4.78 is 4.90. The van der Waals surface area contributed by atoms with E-state index in [1.807, 2.05) is 0 Å². The third-order valence-electron chi connectivity index (χ3n) is 2.45. The molecule has 1 fully saturated rings. The van der Waals surface area contributed by atoms with E-state index in [1.165, 1.54) is 6.42 Å². The molecule has 2 bridgehead atoms. The van der Waals surface area contributed by atoms with Gasteiger partial charge in [0.2, 0.25) is 0 Å². The highest BCUT2D eigenvalue weighted by atomic mass is 16.5. The molecule has 0 aliphatic heterocycles. The first kappa shape index (κ1) is 5.96. The van der Waals surface area contributed by atoms with Crippen molar-refractivity contribution >= 4 is 6.47 Å². The van der Waals surface area contributed by atoms with Crippen LogP contribution in [0.2, 0.25) is 0 Å². The maximum atomic E-state index is 9.99. The predicted molar refractivity (Wildman–Crippen MR) is 36.3 cm³/mol. The van der Waals surface area contributed by atoms with E-state index in [-0.39, 0.29) is 6.10 Å². The van der Waals surface area contributed by atoms with Gasteiger partial charge in [-0.1, -0.05) is 12.2 Å². The van der Waals surface area contributed by atoms with Crippen LogP contribution in [0.3, 0.4) is 0 Å². The predicted octanol–water partition coefficient (Wildman–Crippen LogP) is 1.12. The van der Waals surface area contributed by atoms with Crippen molar-refractivity contribution in [1.82, 2.24) is 0 Å². The summed E-state index contributed by atoms with van der Waals surface area (Å²) in [6.45, 7) is 0.569. The number of hydrogen-bond acceptors (Lipinski definition) is 2. The van der Waals surface area contributed by atoms with Crippen LogP contribution in [-0.4, -0.2) is 12.6 Å². The fourth-order valence-corrected chi connectivity index (χ4v) is 1.96. The van der Waals surface area contributed by atoms with Crippen LogP contribution in [0.5, 0.6) is 0 Å². The van der Waals surface area contributed by atoms with E-state index in [9.17, 15) is 4.79 Å². The Morgan fingerprint density at radius 3 is 2.80 bits per heavy atom. The molecule has 0 radical (unpaired) electrons. The van der Waals surface area contributed by atoms with Crippen LogP contribution in [0.1, 0.15) is 12.8 Å². The van der Waals surface area contributed by atoms with Gasteiger partial charge >= 0.3 is 0 Å². The lowest BCUT2D eigenvalue weighted by Gasteiger charge is -2.14. The molecule has 0 N–H and O–H groups in total. The molecule has 0 heterocycles. The monoisotopic (exact) mass is 138 g/mol. The molecule has 0 aromatic rings. The van der Waals surface area contributed by atoms with Gasteiger partial charge in [-0.3, -0.25) is 4.79 Å². The lowest BCUT2D eigenvalue weighted by atomic mass is 10.1. The van der Waals surface area contributed by atoms with Crippen molar-refractivity contribution in [3.63, 3.8) is 0 Å². The van der Waals surface area contributed by atoms with Crippen LogP contribution in [0.15, 0.2) is 12.2 Å². The SMILES string of the molecule is O=CO[C@H]1C[C@@H]2C=C[C@H]1C2. The van der Waals surface area contributed by atoms with Gasteiger partial charge in [-0.25, -0.2) is 0 Å². The maximum absolute atomic E-state index is 9.99. The molecule has 0 unspecified atom stereocenters. The molecular formula is C8H10O2. The van der Waals surface area contributed by atoms with E-state index in [1.54, 1.807) is 0 Å². The van der Waals surface area contributed by atoms with E-state index in [4.69, 9.17) is 4.74 Å². The lowest BCUT2D eigenvalue weighted by molar-refractivity contribution is -0.134. The highest BCUT2D eigenvalue weighted by Gasteiger charge is 2.36. The maximum Gasteiger partial charge on any atom is 0.293 e. The molecule has 0 aromatic carbocycles. The van der Waals surface area contributed by atoms with Crippen molar-refractivity contribution in [1.29, 1.82) is 0 Å². The second-order valence-electron chi connectivity index (χ2n) is 3.05. The summed E-state index contributed by atoms with van der Waals surface area (Å²) in [5, 5.41) is 0. The van der Waals surface area contributed by atoms with Crippen molar-refractivity contribution in [3.8, 4) is 0 Å². The molecule has 2 rings (SSSR count). The van der Waals surface area contributed by atoms with E-state index >= 15 is 0 Å². The summed E-state index contributed by atoms with van der Waals surface area (Å²) in [5.41, 5.74) is 0. The first-order chi connectivity index (χ1) is 4.90. The number of hydrogen-bond donors (Lipinski definition) is 0. The van der Waals surface area contributed by atoms with Gasteiger partial charge in [0.1, 0.15) is 6.10 Å². The molecule has 1 saturated carbocycles. The van der Waals surface area contributed by atoms with Crippen molar-refractivity contribution in [2.75, 3.05) is 0 Å². The minimum Gasteiger partial charge on any atom is -0.464 e. The van der Waals surface area contributed by atoms with Crippen LogP contribution in [-0.2, 0) is 9.53 Å². The Balaban J connectivity index is 2.02. The van der Waals surface area contributed by atoms with Gasteiger partial charge < -0.3 is 4.74 Å². The van der Waals surface area contributed by atoms with Gasteiger partial charge in [-0.05, 0) is 18.8 Å². The molecule has 2 heteroatoms. The number of allylic oxidation sites excluding steroid dienone is 1. The van der Waals surface area contributed by atoms with Crippen LogP contribution in [0.25, 0.3) is 0 Å². The summed E-state index contributed by atoms with van der Waals surface area (Å²) in [4.78, 5) is 9.99. The summed E-state index contributed by atoms with van der Waals surface area (Å²) in [6, 6.07) is 0. The topological polar surface area (TPSA) is 26.3 Å². The van der Waals surface area contributed by atoms with E-state index in [2.05, 4.69) is 12.2 Å². The summed E-state index contributed by atoms with van der Waals surface area (Å²) in [7, 11) is 0. The zero-order valence-electron chi connectivity index (χ0n) is 5.69. The minimum absolute atomic E-state index is 0.187. The smallest absolute Gasteiger partial charge is 0.293 e. The van der Waals surface area contributed by atoms with Crippen molar-refractivity contribution in [2.24, 2.45) is 11.8 Å². The molecule has 0 spiro atoms. The fraction of sp³-hybridized carbons (Fsp3) is 0.625. The Kier molecular flexibility index (Phi) is 1.26. The van der Waals surface area contributed by atoms with Crippen LogP contribution in [0.4, 0.5) is 0 Å². The molecular weight excluding hydrogens is 128 g/mol. The van der Waals surface area contributed by atoms with Crippen LogP contribution in [0, 0.1) is 11.8 Å². The van der Waals surface area contributed by atoms with Crippen LogP contribution >= 0.6 is 0 Å². The first-order valence-electron chi connectivity index (χ1n) is 3.67. The zero-order chi connectivity index (χ0) is 6.97.